The van der Waals surface area contributed by atoms with Crippen molar-refractivity contribution >= 4 is 11.7 Å². The van der Waals surface area contributed by atoms with Crippen molar-refractivity contribution in [3.8, 4) is 11.5 Å². The lowest BCUT2D eigenvalue weighted by molar-refractivity contribution is 0.0696. The van der Waals surface area contributed by atoms with Gasteiger partial charge in [-0.2, -0.15) is 0 Å². The summed E-state index contributed by atoms with van der Waals surface area (Å²) in [5.74, 6) is -0.0907. The highest BCUT2D eigenvalue weighted by molar-refractivity contribution is 5.91. The van der Waals surface area contributed by atoms with Crippen LogP contribution >= 0.6 is 0 Å². The van der Waals surface area contributed by atoms with Gasteiger partial charge in [0.25, 0.3) is 0 Å². The van der Waals surface area contributed by atoms with Gasteiger partial charge in [-0.1, -0.05) is 30.3 Å². The van der Waals surface area contributed by atoms with Gasteiger partial charge in [-0.3, -0.25) is 0 Å². The number of para-hydroxylation sites is 1. The zero-order valence-electron chi connectivity index (χ0n) is 16.2. The Bertz CT molecular complexity index is 1000. The van der Waals surface area contributed by atoms with Gasteiger partial charge >= 0.3 is 5.97 Å². The maximum absolute atomic E-state index is 13.1. The van der Waals surface area contributed by atoms with E-state index >= 15 is 0 Å². The second kappa shape index (κ2) is 9.10. The first kappa shape index (κ1) is 20.2. The Morgan fingerprint density at radius 3 is 2.48 bits per heavy atom. The SMILES string of the molecule is COc1cccc(CNc2cccc(C(=O)O)c2C)c1OCc1ccc(F)cc1. The zero-order chi connectivity index (χ0) is 20.8. The van der Waals surface area contributed by atoms with Crippen molar-refractivity contribution in [2.24, 2.45) is 0 Å². The van der Waals surface area contributed by atoms with Crippen LogP contribution < -0.4 is 14.8 Å². The molecule has 5 nitrogen and oxygen atoms in total. The van der Waals surface area contributed by atoms with E-state index in [0.717, 1.165) is 16.8 Å². The van der Waals surface area contributed by atoms with Crippen molar-refractivity contribution in [2.75, 3.05) is 12.4 Å². The number of rotatable bonds is 8. The first-order valence-electron chi connectivity index (χ1n) is 9.09. The molecule has 0 fully saturated rings. The monoisotopic (exact) mass is 395 g/mol. The number of hydrogen-bond acceptors (Lipinski definition) is 4. The van der Waals surface area contributed by atoms with Gasteiger partial charge in [-0.15, -0.1) is 0 Å². The molecule has 2 N–H and O–H groups in total. The summed E-state index contributed by atoms with van der Waals surface area (Å²) < 4.78 is 24.5. The van der Waals surface area contributed by atoms with Crippen LogP contribution in [0.15, 0.2) is 60.7 Å². The Labute approximate surface area is 168 Å². The molecular formula is C23H22FNO4. The summed E-state index contributed by atoms with van der Waals surface area (Å²) in [5.41, 5.74) is 3.34. The lowest BCUT2D eigenvalue weighted by Gasteiger charge is -2.17. The summed E-state index contributed by atoms with van der Waals surface area (Å²) in [7, 11) is 1.57. The van der Waals surface area contributed by atoms with Gasteiger partial charge in [-0.25, -0.2) is 9.18 Å². The molecule has 3 aromatic rings. The van der Waals surface area contributed by atoms with Crippen LogP contribution in [0.25, 0.3) is 0 Å². The van der Waals surface area contributed by atoms with Crippen molar-refractivity contribution < 1.29 is 23.8 Å². The van der Waals surface area contributed by atoms with Gasteiger partial charge in [0.15, 0.2) is 11.5 Å². The van der Waals surface area contributed by atoms with Crippen LogP contribution in [0.4, 0.5) is 10.1 Å². The Morgan fingerprint density at radius 2 is 1.79 bits per heavy atom. The lowest BCUT2D eigenvalue weighted by Crippen LogP contribution is -2.08. The molecule has 0 atom stereocenters. The first-order chi connectivity index (χ1) is 14.0. The summed E-state index contributed by atoms with van der Waals surface area (Å²) in [6.45, 7) is 2.45. The van der Waals surface area contributed by atoms with E-state index in [9.17, 15) is 14.3 Å². The second-order valence-electron chi connectivity index (χ2n) is 6.50. The van der Waals surface area contributed by atoms with Gasteiger partial charge in [-0.05, 0) is 48.4 Å². The average molecular weight is 395 g/mol. The molecular weight excluding hydrogens is 373 g/mol. The predicted molar refractivity (Wildman–Crippen MR) is 109 cm³/mol. The number of halogens is 1. The first-order valence-corrected chi connectivity index (χ1v) is 9.09. The van der Waals surface area contributed by atoms with E-state index in [1.54, 1.807) is 44.4 Å². The molecule has 0 aliphatic rings. The highest BCUT2D eigenvalue weighted by Gasteiger charge is 2.13. The number of carbonyl (C=O) groups is 1. The minimum absolute atomic E-state index is 0.258. The molecule has 29 heavy (non-hydrogen) atoms. The van der Waals surface area contributed by atoms with E-state index in [1.807, 2.05) is 18.2 Å². The number of carboxylic acids is 1. The van der Waals surface area contributed by atoms with Gasteiger partial charge in [0.1, 0.15) is 12.4 Å². The van der Waals surface area contributed by atoms with E-state index in [0.29, 0.717) is 23.6 Å². The Morgan fingerprint density at radius 1 is 1.07 bits per heavy atom. The number of carboxylic acid groups (broad SMARTS) is 1. The fourth-order valence-electron chi connectivity index (χ4n) is 3.01. The molecule has 0 unspecified atom stereocenters. The topological polar surface area (TPSA) is 67.8 Å². The molecule has 0 aliphatic heterocycles. The van der Waals surface area contributed by atoms with Crippen molar-refractivity contribution in [1.29, 1.82) is 0 Å². The van der Waals surface area contributed by atoms with E-state index in [4.69, 9.17) is 9.47 Å². The van der Waals surface area contributed by atoms with Crippen LogP contribution in [0.2, 0.25) is 0 Å². The minimum atomic E-state index is -0.962. The summed E-state index contributed by atoms with van der Waals surface area (Å²) in [5, 5.41) is 12.6. The number of ether oxygens (including phenoxy) is 2. The summed E-state index contributed by atoms with van der Waals surface area (Å²) >= 11 is 0. The zero-order valence-corrected chi connectivity index (χ0v) is 16.2. The smallest absolute Gasteiger partial charge is 0.336 e. The normalized spacial score (nSPS) is 10.4. The number of aromatic carboxylic acids is 1. The van der Waals surface area contributed by atoms with E-state index in [2.05, 4.69) is 5.32 Å². The molecule has 3 aromatic carbocycles. The molecule has 0 bridgehead atoms. The molecule has 3 rings (SSSR count). The van der Waals surface area contributed by atoms with Crippen molar-refractivity contribution in [1.82, 2.24) is 0 Å². The van der Waals surface area contributed by atoms with Gasteiger partial charge in [0.05, 0.1) is 12.7 Å². The molecule has 0 radical (unpaired) electrons. The number of anilines is 1. The third-order valence-electron chi connectivity index (χ3n) is 4.61. The number of benzene rings is 3. The maximum Gasteiger partial charge on any atom is 0.336 e. The Hall–Kier alpha value is -3.54. The van der Waals surface area contributed by atoms with Crippen molar-refractivity contribution in [2.45, 2.75) is 20.1 Å². The van der Waals surface area contributed by atoms with Gasteiger partial charge in [0.2, 0.25) is 0 Å². The third-order valence-corrected chi connectivity index (χ3v) is 4.61. The molecule has 0 aliphatic carbocycles. The largest absolute Gasteiger partial charge is 0.493 e. The second-order valence-corrected chi connectivity index (χ2v) is 6.50. The quantitative estimate of drug-likeness (QED) is 0.560. The predicted octanol–water partition coefficient (Wildman–Crippen LogP) is 5.03. The summed E-state index contributed by atoms with van der Waals surface area (Å²) in [4.78, 5) is 11.3. The van der Waals surface area contributed by atoms with Crippen molar-refractivity contribution in [3.63, 3.8) is 0 Å². The fourth-order valence-corrected chi connectivity index (χ4v) is 3.01. The lowest BCUT2D eigenvalue weighted by atomic mass is 10.1. The highest BCUT2D eigenvalue weighted by Crippen LogP contribution is 2.33. The molecule has 0 heterocycles. The Kier molecular flexibility index (Phi) is 6.34. The fraction of sp³-hybridized carbons (Fsp3) is 0.174. The highest BCUT2D eigenvalue weighted by atomic mass is 19.1. The average Bonchev–Trinajstić information content (AvgIpc) is 2.72. The molecule has 6 heteroatoms. The van der Waals surface area contributed by atoms with E-state index in [-0.39, 0.29) is 18.0 Å². The summed E-state index contributed by atoms with van der Waals surface area (Å²) in [6, 6.07) is 16.8. The summed E-state index contributed by atoms with van der Waals surface area (Å²) in [6.07, 6.45) is 0. The number of nitrogens with one attached hydrogen (secondary N) is 1. The molecule has 0 aromatic heterocycles. The minimum Gasteiger partial charge on any atom is -0.493 e. The van der Waals surface area contributed by atoms with Crippen molar-refractivity contribution in [3.05, 3.63) is 88.7 Å². The van der Waals surface area contributed by atoms with Gasteiger partial charge < -0.3 is 19.9 Å². The van der Waals surface area contributed by atoms with Crippen LogP contribution in [0, 0.1) is 12.7 Å². The van der Waals surface area contributed by atoms with Crippen LogP contribution in [0.3, 0.4) is 0 Å². The van der Waals surface area contributed by atoms with Gasteiger partial charge in [0, 0.05) is 17.8 Å². The van der Waals surface area contributed by atoms with E-state index < -0.39 is 5.97 Å². The molecule has 0 spiro atoms. The standard InChI is InChI=1S/C23H22FNO4/c1-15-19(23(26)27)6-4-7-20(15)25-13-17-5-3-8-21(28-2)22(17)29-14-16-9-11-18(24)12-10-16/h3-12,25H,13-14H2,1-2H3,(H,26,27). The Balaban J connectivity index is 1.80. The molecule has 0 amide bonds. The van der Waals surface area contributed by atoms with Crippen LogP contribution in [-0.4, -0.2) is 18.2 Å². The van der Waals surface area contributed by atoms with Crippen LogP contribution in [-0.2, 0) is 13.2 Å². The number of methoxy groups -OCH3 is 1. The molecule has 150 valence electrons. The molecule has 0 saturated heterocycles. The molecule has 0 saturated carbocycles. The number of hydrogen-bond donors (Lipinski definition) is 2. The van der Waals surface area contributed by atoms with Crippen LogP contribution in [0.5, 0.6) is 11.5 Å². The maximum atomic E-state index is 13.1. The van der Waals surface area contributed by atoms with E-state index in [1.165, 1.54) is 12.1 Å². The third kappa shape index (κ3) is 4.85. The van der Waals surface area contributed by atoms with Crippen LogP contribution in [0.1, 0.15) is 27.0 Å².